The highest BCUT2D eigenvalue weighted by atomic mass is 35.5. The van der Waals surface area contributed by atoms with Crippen molar-refractivity contribution in [1.82, 2.24) is 5.32 Å². The molecule has 0 saturated carbocycles. The molecular weight excluding hydrogens is 456 g/mol. The van der Waals surface area contributed by atoms with Gasteiger partial charge in [0.2, 0.25) is 0 Å². The predicted molar refractivity (Wildman–Crippen MR) is 124 cm³/mol. The Labute approximate surface area is 193 Å². The molecule has 1 amide bonds. The molecule has 0 bridgehead atoms. The maximum atomic E-state index is 13.8. The van der Waals surface area contributed by atoms with Crippen molar-refractivity contribution in [1.29, 1.82) is 0 Å². The van der Waals surface area contributed by atoms with Crippen LogP contribution in [-0.4, -0.2) is 25.7 Å². The van der Waals surface area contributed by atoms with Gasteiger partial charge in [0.15, 0.2) is 12.4 Å². The molecule has 6 nitrogen and oxygen atoms in total. The molecule has 1 unspecified atom stereocenters. The van der Waals surface area contributed by atoms with Crippen LogP contribution < -0.4 is 10.1 Å². The number of carbonyl (C=O) groups excluding carboxylic acids is 1. The third kappa shape index (κ3) is 8.21. The van der Waals surface area contributed by atoms with Crippen molar-refractivity contribution in [2.45, 2.75) is 45.3 Å². The van der Waals surface area contributed by atoms with Gasteiger partial charge in [-0.1, -0.05) is 68.6 Å². The smallest absolute Gasteiger partial charge is 0.357 e. The van der Waals surface area contributed by atoms with Crippen LogP contribution in [0.1, 0.15) is 50.9 Å². The van der Waals surface area contributed by atoms with Crippen LogP contribution in [0.4, 0.5) is 4.39 Å². The number of rotatable bonds is 14. The quantitative estimate of drug-likeness (QED) is 0.244. The SMILES string of the molecule is CCCCOP(=O)(OCCCC)C(NC(=O)COc1ccc(F)cc1Cl)c1ccccc1. The molecule has 2 aromatic carbocycles. The zero-order chi connectivity index (χ0) is 23.4. The standard InChI is InChI=1S/C23H30ClFNO5P/c1-3-5-14-30-32(28,31-15-6-4-2)23(18-10-8-7-9-11-18)26-22(27)17-29-21-13-12-19(25)16-20(21)24/h7-13,16,23H,3-6,14-15,17H2,1-2H3,(H,26,27). The van der Waals surface area contributed by atoms with Gasteiger partial charge >= 0.3 is 7.60 Å². The zero-order valence-corrected chi connectivity index (χ0v) is 20.0. The molecule has 176 valence electrons. The summed E-state index contributed by atoms with van der Waals surface area (Å²) in [7, 11) is -3.74. The number of benzene rings is 2. The van der Waals surface area contributed by atoms with Crippen molar-refractivity contribution in [3.05, 3.63) is 64.9 Å². The van der Waals surface area contributed by atoms with Gasteiger partial charge in [0.1, 0.15) is 11.6 Å². The van der Waals surface area contributed by atoms with Crippen molar-refractivity contribution < 1.29 is 27.5 Å². The minimum Gasteiger partial charge on any atom is -0.482 e. The summed E-state index contributed by atoms with van der Waals surface area (Å²) in [5, 5.41) is 2.78. The van der Waals surface area contributed by atoms with E-state index < -0.39 is 31.7 Å². The molecule has 0 aliphatic rings. The van der Waals surface area contributed by atoms with E-state index in [0.29, 0.717) is 18.4 Å². The molecule has 0 heterocycles. The first-order valence-corrected chi connectivity index (χ1v) is 12.7. The van der Waals surface area contributed by atoms with Crippen LogP contribution in [0, 0.1) is 5.82 Å². The maximum absolute atomic E-state index is 13.8. The number of unbranched alkanes of at least 4 members (excludes halogenated alkanes) is 2. The Morgan fingerprint density at radius 3 is 2.25 bits per heavy atom. The molecule has 1 atom stereocenters. The lowest BCUT2D eigenvalue weighted by Gasteiger charge is -2.28. The van der Waals surface area contributed by atoms with Crippen LogP contribution in [0.2, 0.25) is 5.02 Å². The van der Waals surface area contributed by atoms with Gasteiger partial charge in [-0.3, -0.25) is 9.36 Å². The van der Waals surface area contributed by atoms with E-state index in [1.807, 2.05) is 19.9 Å². The molecule has 2 rings (SSSR count). The molecule has 0 aromatic heterocycles. The van der Waals surface area contributed by atoms with E-state index in [9.17, 15) is 13.8 Å². The van der Waals surface area contributed by atoms with Gasteiger partial charge < -0.3 is 19.1 Å². The van der Waals surface area contributed by atoms with Gasteiger partial charge in [0.25, 0.3) is 5.91 Å². The first kappa shape index (κ1) is 26.3. The van der Waals surface area contributed by atoms with Gasteiger partial charge in [-0.25, -0.2) is 4.39 Å². The molecule has 0 radical (unpaired) electrons. The van der Waals surface area contributed by atoms with E-state index in [-0.39, 0.29) is 24.0 Å². The van der Waals surface area contributed by atoms with Crippen LogP contribution in [0.5, 0.6) is 5.75 Å². The average Bonchev–Trinajstić information content (AvgIpc) is 2.78. The van der Waals surface area contributed by atoms with Crippen LogP contribution >= 0.6 is 19.2 Å². The lowest BCUT2D eigenvalue weighted by molar-refractivity contribution is -0.123. The van der Waals surface area contributed by atoms with Crippen molar-refractivity contribution in [2.75, 3.05) is 19.8 Å². The highest BCUT2D eigenvalue weighted by molar-refractivity contribution is 7.54. The lowest BCUT2D eigenvalue weighted by atomic mass is 10.2. The summed E-state index contributed by atoms with van der Waals surface area (Å²) in [5.41, 5.74) is 0.594. The molecule has 0 saturated heterocycles. The topological polar surface area (TPSA) is 73.9 Å². The second-order valence-electron chi connectivity index (χ2n) is 7.16. The molecule has 0 aliphatic heterocycles. The summed E-state index contributed by atoms with van der Waals surface area (Å²) in [4.78, 5) is 12.7. The number of hydrogen-bond donors (Lipinski definition) is 1. The van der Waals surface area contributed by atoms with Gasteiger partial charge in [0.05, 0.1) is 18.2 Å². The number of carbonyl (C=O) groups is 1. The summed E-state index contributed by atoms with van der Waals surface area (Å²) in [6, 6.07) is 12.5. The molecule has 32 heavy (non-hydrogen) atoms. The van der Waals surface area contributed by atoms with E-state index in [1.165, 1.54) is 12.1 Å². The summed E-state index contributed by atoms with van der Waals surface area (Å²) in [6.07, 6.45) is 3.15. The number of nitrogens with one attached hydrogen (secondary N) is 1. The van der Waals surface area contributed by atoms with E-state index in [1.54, 1.807) is 24.3 Å². The minimum atomic E-state index is -3.74. The molecular formula is C23H30ClFNO5P. The summed E-state index contributed by atoms with van der Waals surface area (Å²) < 4.78 is 43.9. The first-order valence-electron chi connectivity index (χ1n) is 10.7. The van der Waals surface area contributed by atoms with Gasteiger partial charge in [-0.2, -0.15) is 0 Å². The largest absolute Gasteiger partial charge is 0.482 e. The monoisotopic (exact) mass is 485 g/mol. The van der Waals surface area contributed by atoms with Crippen LogP contribution in [0.3, 0.4) is 0 Å². The molecule has 0 spiro atoms. The highest BCUT2D eigenvalue weighted by Gasteiger charge is 2.38. The lowest BCUT2D eigenvalue weighted by Crippen LogP contribution is -2.33. The number of halogens is 2. The highest BCUT2D eigenvalue weighted by Crippen LogP contribution is 2.59. The summed E-state index contributed by atoms with van der Waals surface area (Å²) in [6.45, 7) is 4.10. The molecule has 2 aromatic rings. The van der Waals surface area contributed by atoms with E-state index in [4.69, 9.17) is 25.4 Å². The fourth-order valence-corrected chi connectivity index (χ4v) is 4.97. The van der Waals surface area contributed by atoms with Gasteiger partial charge in [-0.15, -0.1) is 0 Å². The fraction of sp³-hybridized carbons (Fsp3) is 0.435. The van der Waals surface area contributed by atoms with Crippen LogP contribution in [0.25, 0.3) is 0 Å². The number of ether oxygens (including phenoxy) is 1. The van der Waals surface area contributed by atoms with E-state index >= 15 is 0 Å². The second kappa shape index (κ2) is 13.6. The fourth-order valence-electron chi connectivity index (χ4n) is 2.77. The molecule has 9 heteroatoms. The zero-order valence-electron chi connectivity index (χ0n) is 18.4. The number of amides is 1. The Hall–Kier alpha value is -1.92. The molecule has 1 N–H and O–H groups in total. The molecule has 0 aliphatic carbocycles. The Bertz CT molecular complexity index is 885. The Balaban J connectivity index is 2.20. The van der Waals surface area contributed by atoms with Crippen LogP contribution in [-0.2, 0) is 18.4 Å². The van der Waals surface area contributed by atoms with Crippen molar-refractivity contribution in [3.8, 4) is 5.75 Å². The summed E-state index contributed by atoms with van der Waals surface area (Å²) >= 11 is 5.95. The Kier molecular flexibility index (Phi) is 11.2. The Morgan fingerprint density at radius 2 is 1.69 bits per heavy atom. The van der Waals surface area contributed by atoms with Crippen molar-refractivity contribution in [3.63, 3.8) is 0 Å². The minimum absolute atomic E-state index is 0.0499. The molecule has 0 fully saturated rings. The third-order valence-electron chi connectivity index (χ3n) is 4.52. The van der Waals surface area contributed by atoms with Gasteiger partial charge in [-0.05, 0) is 36.6 Å². The van der Waals surface area contributed by atoms with Crippen molar-refractivity contribution >= 4 is 25.1 Å². The maximum Gasteiger partial charge on any atom is 0.357 e. The van der Waals surface area contributed by atoms with E-state index in [2.05, 4.69) is 5.32 Å². The Morgan fingerprint density at radius 1 is 1.06 bits per heavy atom. The van der Waals surface area contributed by atoms with Gasteiger partial charge in [0, 0.05) is 0 Å². The normalized spacial score (nSPS) is 12.4. The van der Waals surface area contributed by atoms with E-state index in [0.717, 1.165) is 18.9 Å². The van der Waals surface area contributed by atoms with Crippen molar-refractivity contribution in [2.24, 2.45) is 0 Å². The summed E-state index contributed by atoms with van der Waals surface area (Å²) in [5.74, 6) is -1.89. The average molecular weight is 486 g/mol. The number of hydrogen-bond acceptors (Lipinski definition) is 5. The second-order valence-corrected chi connectivity index (χ2v) is 9.68. The first-order chi connectivity index (χ1) is 15.4. The van der Waals surface area contributed by atoms with Crippen LogP contribution in [0.15, 0.2) is 48.5 Å². The third-order valence-corrected chi connectivity index (χ3v) is 6.96. The predicted octanol–water partition coefficient (Wildman–Crippen LogP) is 6.50.